The van der Waals surface area contributed by atoms with Gasteiger partial charge in [0.25, 0.3) is 0 Å². The summed E-state index contributed by atoms with van der Waals surface area (Å²) in [5.41, 5.74) is 1.45. The topological polar surface area (TPSA) is 73.1 Å². The second kappa shape index (κ2) is 8.84. The molecule has 0 bridgehead atoms. The molecule has 0 atom stereocenters. The fraction of sp³-hybridized carbons (Fsp3) is 0.333. The summed E-state index contributed by atoms with van der Waals surface area (Å²) in [6, 6.07) is 5.92. The third kappa shape index (κ3) is 4.99. The van der Waals surface area contributed by atoms with Crippen LogP contribution >= 0.6 is 24.2 Å². The summed E-state index contributed by atoms with van der Waals surface area (Å²) < 4.78 is 21.4. The quantitative estimate of drug-likeness (QED) is 0.415. The van der Waals surface area contributed by atoms with Crippen LogP contribution in [0.1, 0.15) is 27.7 Å². The standard InChI is InChI=1S/C21H23ClFN5O2S/c1-6-28(20(29)30-21(2,3)4)16-11-24-17(22)10-14(16)13-8-7-12(23)9-15(13)18-25-26-19(31)27(18)5/h7-11H,6H2,1-5H3,(H,26,31). The van der Waals surface area contributed by atoms with Crippen LogP contribution in [-0.4, -0.2) is 38.0 Å². The maximum absolute atomic E-state index is 14.2. The summed E-state index contributed by atoms with van der Waals surface area (Å²) in [6.07, 6.45) is 0.971. The van der Waals surface area contributed by atoms with Gasteiger partial charge in [-0.2, -0.15) is 0 Å². The molecule has 0 saturated heterocycles. The Morgan fingerprint density at radius 2 is 1.94 bits per heavy atom. The number of aromatic nitrogens is 4. The second-order valence-corrected chi connectivity index (χ2v) is 8.61. The maximum atomic E-state index is 14.2. The molecule has 0 aliphatic carbocycles. The number of ether oxygens (including phenoxy) is 1. The summed E-state index contributed by atoms with van der Waals surface area (Å²) in [4.78, 5) is 18.5. The van der Waals surface area contributed by atoms with Gasteiger partial charge in [-0.25, -0.2) is 14.2 Å². The Morgan fingerprint density at radius 1 is 1.23 bits per heavy atom. The van der Waals surface area contributed by atoms with Crippen molar-refractivity contribution in [3.63, 3.8) is 0 Å². The summed E-state index contributed by atoms with van der Waals surface area (Å²) in [5, 5.41) is 8.68. The molecule has 164 valence electrons. The number of nitrogens with zero attached hydrogens (tertiary/aromatic N) is 5. The number of amides is 1. The lowest BCUT2D eigenvalue weighted by Gasteiger charge is -2.28. The minimum atomic E-state index is -0.673. The molecule has 0 spiro atoms. The summed E-state index contributed by atoms with van der Waals surface area (Å²) in [5.74, 6) is -0.0256. The van der Waals surface area contributed by atoms with E-state index < -0.39 is 17.5 Å². The lowest BCUT2D eigenvalue weighted by molar-refractivity contribution is 0.0582. The molecule has 0 unspecified atom stereocenters. The van der Waals surface area contributed by atoms with Crippen LogP contribution in [0.4, 0.5) is 14.9 Å². The number of hydrogen-bond donors (Lipinski definition) is 1. The molecule has 0 aliphatic rings. The van der Waals surface area contributed by atoms with Crippen LogP contribution in [0.25, 0.3) is 22.5 Å². The minimum Gasteiger partial charge on any atom is -0.443 e. The first-order valence-electron chi connectivity index (χ1n) is 9.56. The minimum absolute atomic E-state index is 0.224. The van der Waals surface area contributed by atoms with Gasteiger partial charge in [-0.3, -0.25) is 4.90 Å². The predicted octanol–water partition coefficient (Wildman–Crippen LogP) is 5.39. The van der Waals surface area contributed by atoms with Gasteiger partial charge in [0, 0.05) is 24.7 Å². The summed E-state index contributed by atoms with van der Waals surface area (Å²) in [7, 11) is 1.73. The first-order chi connectivity index (χ1) is 14.5. The van der Waals surface area contributed by atoms with Crippen LogP contribution in [0.2, 0.25) is 5.15 Å². The van der Waals surface area contributed by atoms with Crippen LogP contribution in [0.15, 0.2) is 35.6 Å². The number of halogens is 2. The molecule has 3 rings (SSSR count). The third-order valence-electron chi connectivity index (χ3n) is 4.44. The van der Waals surface area contributed by atoms with Crippen molar-refractivity contribution in [1.29, 1.82) is 0 Å². The van der Waals surface area contributed by atoms with Gasteiger partial charge in [0.1, 0.15) is 16.6 Å². The Bertz CT molecular complexity index is 1130. The highest BCUT2D eigenvalue weighted by Crippen LogP contribution is 2.39. The molecule has 1 amide bonds. The summed E-state index contributed by atoms with van der Waals surface area (Å²) in [6.45, 7) is 7.53. The van der Waals surface area contributed by atoms with E-state index in [1.165, 1.54) is 23.2 Å². The van der Waals surface area contributed by atoms with Gasteiger partial charge in [-0.1, -0.05) is 17.7 Å². The highest BCUT2D eigenvalue weighted by Gasteiger charge is 2.26. The Hall–Kier alpha value is -2.65. The Balaban J connectivity index is 2.22. The van der Waals surface area contributed by atoms with E-state index in [1.54, 1.807) is 44.5 Å². The number of benzene rings is 1. The zero-order chi connectivity index (χ0) is 22.9. The van der Waals surface area contributed by atoms with Crippen LogP contribution in [-0.2, 0) is 11.8 Å². The lowest BCUT2D eigenvalue weighted by Crippen LogP contribution is -2.37. The van der Waals surface area contributed by atoms with E-state index in [0.717, 1.165) is 0 Å². The molecule has 7 nitrogen and oxygen atoms in total. The van der Waals surface area contributed by atoms with Gasteiger partial charge in [0.15, 0.2) is 11.0 Å². The zero-order valence-corrected chi connectivity index (χ0v) is 19.5. The smallest absolute Gasteiger partial charge is 0.414 e. The number of hydrogen-bond acceptors (Lipinski definition) is 6. The predicted molar refractivity (Wildman–Crippen MR) is 121 cm³/mol. The van der Waals surface area contributed by atoms with Crippen molar-refractivity contribution in [2.24, 2.45) is 7.05 Å². The van der Waals surface area contributed by atoms with Gasteiger partial charge in [0.2, 0.25) is 0 Å². The van der Waals surface area contributed by atoms with E-state index in [0.29, 0.717) is 39.9 Å². The molecule has 0 aliphatic heterocycles. The number of carbonyl (C=O) groups is 1. The SMILES string of the molecule is CCN(C(=O)OC(C)(C)C)c1cnc(Cl)cc1-c1ccc(F)cc1-c1nnc(S)n1C. The van der Waals surface area contributed by atoms with Crippen LogP contribution < -0.4 is 4.90 Å². The molecule has 3 aromatic rings. The number of rotatable bonds is 4. The molecule has 2 aromatic heterocycles. The van der Waals surface area contributed by atoms with Gasteiger partial charge in [0.05, 0.1) is 11.9 Å². The van der Waals surface area contributed by atoms with Crippen molar-refractivity contribution in [3.8, 4) is 22.5 Å². The largest absolute Gasteiger partial charge is 0.443 e. The van der Waals surface area contributed by atoms with Gasteiger partial charge >= 0.3 is 6.09 Å². The molecule has 2 heterocycles. The van der Waals surface area contributed by atoms with Crippen LogP contribution in [0.3, 0.4) is 0 Å². The fourth-order valence-corrected chi connectivity index (χ4v) is 3.36. The Kier molecular flexibility index (Phi) is 6.56. The molecule has 10 heteroatoms. The van der Waals surface area contributed by atoms with Crippen molar-refractivity contribution in [3.05, 3.63) is 41.4 Å². The first kappa shape index (κ1) is 23.0. The molecule has 0 N–H and O–H groups in total. The van der Waals surface area contributed by atoms with Crippen molar-refractivity contribution >= 4 is 36.0 Å². The van der Waals surface area contributed by atoms with Gasteiger partial charge in [-0.15, -0.1) is 22.8 Å². The third-order valence-corrected chi connectivity index (χ3v) is 5.03. The second-order valence-electron chi connectivity index (χ2n) is 7.82. The average Bonchev–Trinajstić information content (AvgIpc) is 3.00. The lowest BCUT2D eigenvalue weighted by atomic mass is 9.98. The molecule has 0 radical (unpaired) electrons. The number of anilines is 1. The fourth-order valence-electron chi connectivity index (χ4n) is 3.06. The molecule has 0 saturated carbocycles. The molecular formula is C21H23ClFN5O2S. The Labute approximate surface area is 190 Å². The van der Waals surface area contributed by atoms with Gasteiger partial charge in [-0.05, 0) is 51.5 Å². The van der Waals surface area contributed by atoms with E-state index in [4.69, 9.17) is 16.3 Å². The highest BCUT2D eigenvalue weighted by atomic mass is 35.5. The van der Waals surface area contributed by atoms with Crippen molar-refractivity contribution in [2.45, 2.75) is 38.5 Å². The average molecular weight is 464 g/mol. The van der Waals surface area contributed by atoms with Crippen molar-refractivity contribution in [1.82, 2.24) is 19.7 Å². The molecule has 31 heavy (non-hydrogen) atoms. The van der Waals surface area contributed by atoms with Crippen molar-refractivity contribution in [2.75, 3.05) is 11.4 Å². The van der Waals surface area contributed by atoms with E-state index in [9.17, 15) is 9.18 Å². The van der Waals surface area contributed by atoms with E-state index in [2.05, 4.69) is 27.8 Å². The monoisotopic (exact) mass is 463 g/mol. The zero-order valence-electron chi connectivity index (χ0n) is 17.8. The Morgan fingerprint density at radius 3 is 2.52 bits per heavy atom. The van der Waals surface area contributed by atoms with E-state index in [1.807, 2.05) is 6.92 Å². The van der Waals surface area contributed by atoms with Crippen molar-refractivity contribution < 1.29 is 13.9 Å². The molecule has 1 aromatic carbocycles. The maximum Gasteiger partial charge on any atom is 0.414 e. The number of pyridine rings is 1. The molecular weight excluding hydrogens is 441 g/mol. The van der Waals surface area contributed by atoms with Crippen LogP contribution in [0, 0.1) is 5.82 Å². The number of thiol groups is 1. The van der Waals surface area contributed by atoms with E-state index >= 15 is 0 Å². The first-order valence-corrected chi connectivity index (χ1v) is 10.4. The van der Waals surface area contributed by atoms with E-state index in [-0.39, 0.29) is 5.15 Å². The van der Waals surface area contributed by atoms with Crippen LogP contribution in [0.5, 0.6) is 0 Å². The molecule has 0 fully saturated rings. The van der Waals surface area contributed by atoms with Gasteiger partial charge < -0.3 is 9.30 Å². The normalized spacial score (nSPS) is 11.5. The highest BCUT2D eigenvalue weighted by molar-refractivity contribution is 7.80. The number of carbonyl (C=O) groups excluding carboxylic acids is 1. The summed E-state index contributed by atoms with van der Waals surface area (Å²) >= 11 is 10.5.